The van der Waals surface area contributed by atoms with Crippen LogP contribution in [0.3, 0.4) is 0 Å². The van der Waals surface area contributed by atoms with Gasteiger partial charge in [-0.3, -0.25) is 19.2 Å². The van der Waals surface area contributed by atoms with Gasteiger partial charge in [0.2, 0.25) is 23.0 Å². The summed E-state index contributed by atoms with van der Waals surface area (Å²) in [6, 6.07) is 0. The molecular weight excluding hydrogens is 531 g/mol. The molecule has 0 amide bonds. The van der Waals surface area contributed by atoms with Gasteiger partial charge in [-0.2, -0.15) is 0 Å². The second-order valence-corrected chi connectivity index (χ2v) is 9.30. The van der Waals surface area contributed by atoms with Crippen LogP contribution in [-0.2, 0) is 31.8 Å². The summed E-state index contributed by atoms with van der Waals surface area (Å²) in [5.74, 6) is -6.08. The Bertz CT molecular complexity index is 840. The molecule has 0 aliphatic carbocycles. The van der Waals surface area contributed by atoms with Crippen molar-refractivity contribution in [1.82, 2.24) is 0 Å². The molecule has 2 rings (SSSR count). The van der Waals surface area contributed by atoms with Gasteiger partial charge in [-0.05, 0) is 27.2 Å². The number of oxime groups is 1. The number of carbonyl (C=O) groups excluding carboxylic acids is 4. The summed E-state index contributed by atoms with van der Waals surface area (Å²) < 4.78 is 15.8. The van der Waals surface area contributed by atoms with Crippen molar-refractivity contribution in [2.24, 2.45) is 46.4 Å². The summed E-state index contributed by atoms with van der Waals surface area (Å²) in [5.41, 5.74) is 6.86. The number of rotatable bonds is 2. The maximum atomic E-state index is 13.3. The molecule has 9 nitrogen and oxygen atoms in total. The second kappa shape index (κ2) is 10.8. The number of Topliss-reactive ketones (excluding diaryl/α,β-unsaturated/α-hetero) is 2. The predicted molar refractivity (Wildman–Crippen MR) is 124 cm³/mol. The molecule has 0 bridgehead atoms. The maximum Gasteiger partial charge on any atom is 0.317 e. The molecular formula is C22H31IN2O7. The molecule has 2 aliphatic heterocycles. The largest absolute Gasteiger partial charge is 0.458 e. The third-order valence-electron chi connectivity index (χ3n) is 6.40. The summed E-state index contributed by atoms with van der Waals surface area (Å²) in [7, 11) is 0. The third kappa shape index (κ3) is 5.49. The Labute approximate surface area is 202 Å². The van der Waals surface area contributed by atoms with Crippen LogP contribution < -0.4 is 5.73 Å². The van der Waals surface area contributed by atoms with Gasteiger partial charge in [0, 0.05) is 23.7 Å². The number of amidine groups is 1. The minimum atomic E-state index is -1.03. The zero-order chi connectivity index (χ0) is 24.3. The van der Waals surface area contributed by atoms with Crippen LogP contribution in [-0.4, -0.2) is 41.5 Å². The topological polar surface area (TPSA) is 134 Å². The number of nitrogens with zero attached hydrogens (tertiary/aromatic N) is 1. The van der Waals surface area contributed by atoms with Crippen molar-refractivity contribution in [3.8, 4) is 0 Å². The molecule has 0 saturated carbocycles. The number of carbonyl (C=O) groups is 4. The molecule has 0 aromatic carbocycles. The van der Waals surface area contributed by atoms with Crippen LogP contribution in [0.2, 0.25) is 0 Å². The normalized spacial score (nSPS) is 39.3. The molecule has 6 unspecified atom stereocenters. The van der Waals surface area contributed by atoms with Gasteiger partial charge in [0.05, 0.1) is 0 Å². The van der Waals surface area contributed by atoms with Crippen molar-refractivity contribution in [3.05, 3.63) is 11.6 Å². The summed E-state index contributed by atoms with van der Waals surface area (Å²) >= 11 is 1.52. The fourth-order valence-corrected chi connectivity index (χ4v) is 4.92. The van der Waals surface area contributed by atoms with Gasteiger partial charge in [0.25, 0.3) is 0 Å². The predicted octanol–water partition coefficient (Wildman–Crippen LogP) is 2.75. The quantitative estimate of drug-likeness (QED) is 0.103. The molecule has 0 aromatic heterocycles. The highest BCUT2D eigenvalue weighted by Crippen LogP contribution is 2.39. The molecule has 10 heteroatoms. The van der Waals surface area contributed by atoms with E-state index >= 15 is 0 Å². The van der Waals surface area contributed by atoms with Gasteiger partial charge in [0.15, 0.2) is 5.84 Å². The Morgan fingerprint density at radius 3 is 2.28 bits per heavy atom. The first kappa shape index (κ1) is 26.3. The first-order chi connectivity index (χ1) is 14.9. The fourth-order valence-electron chi connectivity index (χ4n) is 4.69. The van der Waals surface area contributed by atoms with Crippen molar-refractivity contribution >= 4 is 52.3 Å². The van der Waals surface area contributed by atoms with Gasteiger partial charge in [-0.1, -0.05) is 37.6 Å². The number of hydrogen-bond acceptors (Lipinski definition) is 8. The van der Waals surface area contributed by atoms with E-state index in [1.165, 1.54) is 29.9 Å². The van der Waals surface area contributed by atoms with Crippen molar-refractivity contribution in [2.75, 3.05) is 0 Å². The molecule has 0 radical (unpaired) electrons. The van der Waals surface area contributed by atoms with Crippen molar-refractivity contribution in [3.63, 3.8) is 0 Å². The van der Waals surface area contributed by atoms with E-state index in [0.717, 1.165) is 5.57 Å². The lowest BCUT2D eigenvalue weighted by Gasteiger charge is -2.31. The van der Waals surface area contributed by atoms with Crippen LogP contribution in [0.25, 0.3) is 0 Å². The number of hydrogen-bond donors (Lipinski definition) is 1. The zero-order valence-electron chi connectivity index (χ0n) is 19.2. The summed E-state index contributed by atoms with van der Waals surface area (Å²) in [6.45, 7) is 10.2. The molecule has 1 saturated heterocycles. The van der Waals surface area contributed by atoms with Gasteiger partial charge in [0.1, 0.15) is 35.6 Å². The van der Waals surface area contributed by atoms with E-state index in [4.69, 9.17) is 18.4 Å². The highest BCUT2D eigenvalue weighted by molar-refractivity contribution is 14.1. The first-order valence-electron chi connectivity index (χ1n) is 10.7. The van der Waals surface area contributed by atoms with Gasteiger partial charge < -0.3 is 18.4 Å². The highest BCUT2D eigenvalue weighted by atomic mass is 127. The lowest BCUT2D eigenvalue weighted by atomic mass is 9.74. The summed E-state index contributed by atoms with van der Waals surface area (Å²) in [4.78, 5) is 51.4. The molecule has 178 valence electrons. The zero-order valence-corrected chi connectivity index (χ0v) is 21.3. The van der Waals surface area contributed by atoms with E-state index in [-0.39, 0.29) is 17.4 Å². The van der Waals surface area contributed by atoms with Crippen molar-refractivity contribution in [1.29, 1.82) is 0 Å². The van der Waals surface area contributed by atoms with Crippen LogP contribution in [0.15, 0.2) is 16.8 Å². The number of ether oxygens (including phenoxy) is 2. The number of esters is 2. The number of halogens is 1. The maximum absolute atomic E-state index is 13.3. The second-order valence-electron chi connectivity index (χ2n) is 8.91. The lowest BCUT2D eigenvalue weighted by molar-refractivity contribution is -0.167. The molecule has 0 spiro atoms. The van der Waals surface area contributed by atoms with E-state index in [0.29, 0.717) is 6.42 Å². The number of cyclic esters (lactones) is 1. The van der Waals surface area contributed by atoms with Gasteiger partial charge in [-0.25, -0.2) is 0 Å². The molecule has 2 N–H and O–H groups in total. The summed E-state index contributed by atoms with van der Waals surface area (Å²) in [6.07, 6.45) is 0.429. The number of allylic oxidation sites excluding steroid dienone is 2. The van der Waals surface area contributed by atoms with Crippen molar-refractivity contribution in [2.45, 2.75) is 60.2 Å². The fraction of sp³-hybridized carbons (Fsp3) is 0.682. The van der Waals surface area contributed by atoms with Crippen LogP contribution in [0.5, 0.6) is 0 Å². The van der Waals surface area contributed by atoms with Crippen LogP contribution in [0.4, 0.5) is 0 Å². The molecule has 0 aromatic rings. The monoisotopic (exact) mass is 562 g/mol. The first-order valence-corrected chi connectivity index (χ1v) is 11.6. The van der Waals surface area contributed by atoms with E-state index in [1.54, 1.807) is 27.7 Å². The van der Waals surface area contributed by atoms with Gasteiger partial charge in [-0.15, -0.1) is 0 Å². The Hall–Kier alpha value is -1.98. The number of fused-ring (bicyclic) bond motifs is 1. The average Bonchev–Trinajstić information content (AvgIpc) is 3.07. The van der Waals surface area contributed by atoms with E-state index in [9.17, 15) is 19.2 Å². The average molecular weight is 562 g/mol. The molecule has 2 heterocycles. The van der Waals surface area contributed by atoms with Crippen molar-refractivity contribution < 1.29 is 31.8 Å². The van der Waals surface area contributed by atoms with E-state index < -0.39 is 59.7 Å². The Kier molecular flexibility index (Phi) is 8.83. The molecule has 2 aliphatic rings. The Morgan fingerprint density at radius 1 is 1.06 bits per heavy atom. The van der Waals surface area contributed by atoms with Crippen LogP contribution >= 0.6 is 23.0 Å². The third-order valence-corrected chi connectivity index (χ3v) is 6.59. The van der Waals surface area contributed by atoms with E-state index in [1.807, 2.05) is 13.0 Å². The highest BCUT2D eigenvalue weighted by Gasteiger charge is 2.54. The van der Waals surface area contributed by atoms with Gasteiger partial charge >= 0.3 is 11.9 Å². The van der Waals surface area contributed by atoms with E-state index in [2.05, 4.69) is 5.16 Å². The van der Waals surface area contributed by atoms with Crippen LogP contribution in [0, 0.1) is 35.5 Å². The Balaban J connectivity index is 2.55. The molecule has 1 fully saturated rings. The smallest absolute Gasteiger partial charge is 0.317 e. The van der Waals surface area contributed by atoms with Crippen LogP contribution in [0.1, 0.15) is 48.0 Å². The minimum absolute atomic E-state index is 0.117. The minimum Gasteiger partial charge on any atom is -0.458 e. The molecule has 32 heavy (non-hydrogen) atoms. The Morgan fingerprint density at radius 2 is 1.69 bits per heavy atom. The number of ketones is 2. The molecule has 8 atom stereocenters. The summed E-state index contributed by atoms with van der Waals surface area (Å²) in [5, 5.41) is 3.67. The SMILES string of the molecule is C/C1=C/[C@@H](C)C(=O)[C@H](C)C2C(/C(N)=N/OI)C(=O)OC2C(C)OC(=O)C(C)C(=O)C(C)C1. The lowest BCUT2D eigenvalue weighted by Crippen LogP contribution is -2.44. The number of nitrogens with two attached hydrogens (primary N) is 1. The standard InChI is InChI=1S/C22H31IN2O7/c1-9-7-10(2)17(26)12(4)15-16(20(24)25-32-23)22(29)31-19(15)14(6)30-21(28)13(5)18(27)11(3)8-9/h7,10-16,19H,8H2,1-6H3,(H2,24,25)/b9-7-/t10-,11?,12-,13?,14?,15?,16?,19?/m1/s1.